The highest BCUT2D eigenvalue weighted by molar-refractivity contribution is 4.91. The van der Waals surface area contributed by atoms with Crippen molar-refractivity contribution in [1.82, 2.24) is 0 Å². The molecule has 2 saturated heterocycles. The van der Waals surface area contributed by atoms with E-state index in [1.807, 2.05) is 0 Å². The summed E-state index contributed by atoms with van der Waals surface area (Å²) >= 11 is 0. The third-order valence-electron chi connectivity index (χ3n) is 8.74. The molecule has 0 spiro atoms. The first-order valence-corrected chi connectivity index (χ1v) is 13.1. The Labute approximate surface area is 193 Å². The first kappa shape index (κ1) is 27.1. The molecule has 4 heteroatoms. The molecule has 2 aliphatic heterocycles. The molecule has 0 bridgehead atoms. The van der Waals surface area contributed by atoms with Gasteiger partial charge < -0.3 is 18.9 Å². The second-order valence-electron chi connectivity index (χ2n) is 11.1. The summed E-state index contributed by atoms with van der Waals surface area (Å²) in [6.45, 7) is 24.8. The number of ether oxygens (including phenoxy) is 4. The van der Waals surface area contributed by atoms with Crippen LogP contribution in [-0.2, 0) is 18.9 Å². The molecule has 31 heavy (non-hydrogen) atoms. The van der Waals surface area contributed by atoms with E-state index in [-0.39, 0.29) is 42.4 Å². The van der Waals surface area contributed by atoms with Gasteiger partial charge in [-0.25, -0.2) is 0 Å². The second-order valence-corrected chi connectivity index (χ2v) is 11.1. The van der Waals surface area contributed by atoms with Crippen molar-refractivity contribution in [2.24, 2.45) is 35.5 Å². The molecule has 0 amide bonds. The molecule has 2 aliphatic rings. The van der Waals surface area contributed by atoms with Gasteiger partial charge in [0.15, 0.2) is 12.6 Å². The summed E-state index contributed by atoms with van der Waals surface area (Å²) in [5, 5.41) is 0. The monoisotopic (exact) mass is 440 g/mol. The van der Waals surface area contributed by atoms with E-state index in [0.717, 1.165) is 19.3 Å². The van der Waals surface area contributed by atoms with E-state index in [9.17, 15) is 0 Å². The minimum atomic E-state index is -0.184. The smallest absolute Gasteiger partial charge is 0.161 e. The van der Waals surface area contributed by atoms with Crippen LogP contribution in [0.5, 0.6) is 0 Å². The lowest BCUT2D eigenvalue weighted by molar-refractivity contribution is -0.336. The first-order chi connectivity index (χ1) is 14.5. The molecule has 184 valence electrons. The second kappa shape index (κ2) is 11.3. The maximum Gasteiger partial charge on any atom is 0.161 e. The van der Waals surface area contributed by atoms with Crippen molar-refractivity contribution in [1.29, 1.82) is 0 Å². The minimum absolute atomic E-state index is 0.0295. The predicted molar refractivity (Wildman–Crippen MR) is 128 cm³/mol. The Morgan fingerprint density at radius 1 is 0.774 bits per heavy atom. The Morgan fingerprint density at radius 3 is 1.84 bits per heavy atom. The van der Waals surface area contributed by atoms with Crippen molar-refractivity contribution in [3.63, 3.8) is 0 Å². The van der Waals surface area contributed by atoms with Gasteiger partial charge in [0.05, 0.1) is 23.9 Å². The van der Waals surface area contributed by atoms with Gasteiger partial charge in [0.1, 0.15) is 0 Å². The number of rotatable bonds is 9. The van der Waals surface area contributed by atoms with Gasteiger partial charge in [-0.15, -0.1) is 0 Å². The SMILES string of the molecule is CCC(C)C1C(CC)OC(OC2C(CC)OC(OC(C)(C)CC)C(C)C2C)C(C)C1C. The molecule has 0 aromatic rings. The third-order valence-corrected chi connectivity index (χ3v) is 8.74. The summed E-state index contributed by atoms with van der Waals surface area (Å²) in [6, 6.07) is 0. The van der Waals surface area contributed by atoms with Crippen molar-refractivity contribution in [2.75, 3.05) is 0 Å². The summed E-state index contributed by atoms with van der Waals surface area (Å²) in [5.74, 6) is 2.83. The first-order valence-electron chi connectivity index (χ1n) is 13.1. The highest BCUT2D eigenvalue weighted by Gasteiger charge is 2.48. The van der Waals surface area contributed by atoms with Crippen LogP contribution >= 0.6 is 0 Å². The lowest BCUT2D eigenvalue weighted by atomic mass is 9.70. The molecular formula is C27H52O4. The van der Waals surface area contributed by atoms with Crippen molar-refractivity contribution in [2.45, 2.75) is 138 Å². The molecule has 2 heterocycles. The van der Waals surface area contributed by atoms with Crippen LogP contribution in [0.15, 0.2) is 0 Å². The predicted octanol–water partition coefficient (Wildman–Crippen LogP) is 7.05. The van der Waals surface area contributed by atoms with E-state index in [0.29, 0.717) is 29.6 Å². The van der Waals surface area contributed by atoms with E-state index in [1.165, 1.54) is 6.42 Å². The van der Waals surface area contributed by atoms with Gasteiger partial charge in [0.2, 0.25) is 0 Å². The quantitative estimate of drug-likeness (QED) is 0.385. The fourth-order valence-corrected chi connectivity index (χ4v) is 5.49. The van der Waals surface area contributed by atoms with E-state index in [1.54, 1.807) is 0 Å². The van der Waals surface area contributed by atoms with Gasteiger partial charge in [-0.3, -0.25) is 0 Å². The summed E-state index contributed by atoms with van der Waals surface area (Å²) in [5.41, 5.74) is -0.180. The van der Waals surface area contributed by atoms with Crippen LogP contribution in [0, 0.1) is 35.5 Å². The topological polar surface area (TPSA) is 36.9 Å². The van der Waals surface area contributed by atoms with Crippen molar-refractivity contribution in [3.8, 4) is 0 Å². The molecule has 0 N–H and O–H groups in total. The molecule has 2 rings (SSSR count). The zero-order valence-corrected chi connectivity index (χ0v) is 22.3. The summed E-state index contributed by atoms with van der Waals surface area (Å²) < 4.78 is 26.3. The standard InChI is InChI=1S/C27H52O4/c1-12-16(5)23-17(6)19(8)25(28-21(23)13-2)30-24-18(7)20(9)26(29-22(24)14-3)31-27(10,11)15-4/h16-26H,12-15H2,1-11H3. The Morgan fingerprint density at radius 2 is 1.32 bits per heavy atom. The van der Waals surface area contributed by atoms with E-state index in [2.05, 4.69) is 76.2 Å². The van der Waals surface area contributed by atoms with Gasteiger partial charge in [-0.05, 0) is 56.8 Å². The largest absolute Gasteiger partial charge is 0.349 e. The van der Waals surface area contributed by atoms with Crippen LogP contribution in [0.1, 0.15) is 102 Å². The van der Waals surface area contributed by atoms with Crippen LogP contribution < -0.4 is 0 Å². The third kappa shape index (κ3) is 6.05. The molecule has 4 nitrogen and oxygen atoms in total. The summed E-state index contributed by atoms with van der Waals surface area (Å²) in [7, 11) is 0. The summed E-state index contributed by atoms with van der Waals surface area (Å²) in [6.07, 6.45) is 4.10. The Bertz CT molecular complexity index is 531. The Balaban J connectivity index is 2.15. The van der Waals surface area contributed by atoms with Gasteiger partial charge in [-0.2, -0.15) is 0 Å². The highest BCUT2D eigenvalue weighted by Crippen LogP contribution is 2.44. The molecule has 0 aliphatic carbocycles. The molecule has 0 aromatic heterocycles. The van der Waals surface area contributed by atoms with Gasteiger partial charge in [0, 0.05) is 11.8 Å². The van der Waals surface area contributed by atoms with E-state index in [4.69, 9.17) is 18.9 Å². The average molecular weight is 441 g/mol. The Kier molecular flexibility index (Phi) is 9.88. The van der Waals surface area contributed by atoms with E-state index < -0.39 is 0 Å². The fourth-order valence-electron chi connectivity index (χ4n) is 5.49. The lowest BCUT2D eigenvalue weighted by Crippen LogP contribution is -2.56. The zero-order valence-electron chi connectivity index (χ0n) is 22.3. The highest BCUT2D eigenvalue weighted by atomic mass is 16.7. The zero-order chi connectivity index (χ0) is 23.5. The Hall–Kier alpha value is -0.160. The fraction of sp³-hybridized carbons (Fsp3) is 1.00. The molecular weight excluding hydrogens is 388 g/mol. The van der Waals surface area contributed by atoms with E-state index >= 15 is 0 Å². The van der Waals surface area contributed by atoms with Crippen molar-refractivity contribution in [3.05, 3.63) is 0 Å². The summed E-state index contributed by atoms with van der Waals surface area (Å²) in [4.78, 5) is 0. The minimum Gasteiger partial charge on any atom is -0.349 e. The van der Waals surface area contributed by atoms with Gasteiger partial charge in [0.25, 0.3) is 0 Å². The molecule has 0 saturated carbocycles. The van der Waals surface area contributed by atoms with Gasteiger partial charge in [-0.1, -0.05) is 68.7 Å². The molecule has 2 fully saturated rings. The maximum atomic E-state index is 6.80. The molecule has 11 unspecified atom stereocenters. The molecule has 11 atom stereocenters. The number of hydrogen-bond donors (Lipinski definition) is 0. The average Bonchev–Trinajstić information content (AvgIpc) is 2.75. The normalized spacial score (nSPS) is 43.1. The van der Waals surface area contributed by atoms with Crippen LogP contribution in [-0.4, -0.2) is 36.5 Å². The molecule has 0 radical (unpaired) electrons. The van der Waals surface area contributed by atoms with Crippen LogP contribution in [0.25, 0.3) is 0 Å². The molecule has 0 aromatic carbocycles. The van der Waals surface area contributed by atoms with Crippen LogP contribution in [0.2, 0.25) is 0 Å². The van der Waals surface area contributed by atoms with Gasteiger partial charge >= 0.3 is 0 Å². The lowest BCUT2D eigenvalue weighted by Gasteiger charge is -2.51. The van der Waals surface area contributed by atoms with Crippen molar-refractivity contribution >= 4 is 0 Å². The number of hydrogen-bond acceptors (Lipinski definition) is 4. The van der Waals surface area contributed by atoms with Crippen molar-refractivity contribution < 1.29 is 18.9 Å². The van der Waals surface area contributed by atoms with Crippen LogP contribution in [0.3, 0.4) is 0 Å². The van der Waals surface area contributed by atoms with Crippen LogP contribution in [0.4, 0.5) is 0 Å². The maximum absolute atomic E-state index is 6.80.